The third-order valence-corrected chi connectivity index (χ3v) is 3.74. The van der Waals surface area contributed by atoms with Crippen LogP contribution in [0.2, 0.25) is 0 Å². The van der Waals surface area contributed by atoms with Crippen LogP contribution in [0.4, 0.5) is 0 Å². The molecule has 2 heterocycles. The number of carbonyl (C=O) groups excluding carboxylic acids is 2. The molecule has 0 bridgehead atoms. The van der Waals surface area contributed by atoms with Crippen LogP contribution in [-0.4, -0.2) is 62.3 Å². The molecule has 2 amide bonds. The maximum atomic E-state index is 12.3. The fourth-order valence-electron chi connectivity index (χ4n) is 2.62. The van der Waals surface area contributed by atoms with E-state index in [0.29, 0.717) is 39.5 Å². The van der Waals surface area contributed by atoms with Crippen molar-refractivity contribution in [2.75, 3.05) is 39.5 Å². The highest BCUT2D eigenvalue weighted by Gasteiger charge is 2.33. The Balaban J connectivity index is 1.85. The Hall–Kier alpha value is -1.14. The van der Waals surface area contributed by atoms with E-state index in [0.717, 1.165) is 19.3 Å². The number of amides is 2. The summed E-state index contributed by atoms with van der Waals surface area (Å²) in [6, 6.07) is 0. The number of hydrogen-bond donors (Lipinski definition) is 1. The summed E-state index contributed by atoms with van der Waals surface area (Å²) in [6.45, 7) is 5.25. The van der Waals surface area contributed by atoms with Crippen LogP contribution < -0.4 is 5.32 Å². The second kappa shape index (κ2) is 7.59. The van der Waals surface area contributed by atoms with E-state index in [9.17, 15) is 9.59 Å². The number of nitrogens with zero attached hydrogens (tertiary/aromatic N) is 1. The fraction of sp³-hybridized carbons (Fsp3) is 0.857. The van der Waals surface area contributed by atoms with E-state index >= 15 is 0 Å². The van der Waals surface area contributed by atoms with Gasteiger partial charge in [-0.3, -0.25) is 9.59 Å². The summed E-state index contributed by atoms with van der Waals surface area (Å²) in [4.78, 5) is 26.1. The number of nitrogens with one attached hydrogen (secondary N) is 1. The number of rotatable bonds is 4. The third kappa shape index (κ3) is 3.93. The van der Waals surface area contributed by atoms with Gasteiger partial charge in [-0.1, -0.05) is 6.92 Å². The quantitative estimate of drug-likeness (QED) is 0.799. The van der Waals surface area contributed by atoms with Gasteiger partial charge in [0.25, 0.3) is 5.91 Å². The zero-order valence-corrected chi connectivity index (χ0v) is 12.1. The molecule has 2 atom stereocenters. The number of piperidine rings is 1. The van der Waals surface area contributed by atoms with Crippen molar-refractivity contribution in [1.29, 1.82) is 0 Å². The highest BCUT2D eigenvalue weighted by Crippen LogP contribution is 2.18. The first kappa shape index (κ1) is 15.3. The Labute approximate surface area is 119 Å². The second-order valence-electron chi connectivity index (χ2n) is 5.35. The lowest BCUT2D eigenvalue weighted by atomic mass is 9.96. The largest absolute Gasteiger partial charge is 0.376 e. The van der Waals surface area contributed by atoms with E-state index in [4.69, 9.17) is 9.47 Å². The van der Waals surface area contributed by atoms with Crippen LogP contribution in [0.15, 0.2) is 0 Å². The summed E-state index contributed by atoms with van der Waals surface area (Å²) in [5.74, 6) is -0.0772. The van der Waals surface area contributed by atoms with E-state index in [-0.39, 0.29) is 17.7 Å². The Morgan fingerprint density at radius 1 is 1.35 bits per heavy atom. The van der Waals surface area contributed by atoms with E-state index in [1.807, 2.05) is 6.92 Å². The van der Waals surface area contributed by atoms with E-state index in [2.05, 4.69) is 5.32 Å². The summed E-state index contributed by atoms with van der Waals surface area (Å²) in [7, 11) is 0. The molecule has 2 fully saturated rings. The summed E-state index contributed by atoms with van der Waals surface area (Å²) < 4.78 is 10.7. The fourth-order valence-corrected chi connectivity index (χ4v) is 2.62. The van der Waals surface area contributed by atoms with Gasteiger partial charge in [-0.05, 0) is 19.3 Å². The first-order valence-corrected chi connectivity index (χ1v) is 7.48. The topological polar surface area (TPSA) is 67.9 Å². The van der Waals surface area contributed by atoms with Gasteiger partial charge in [0.05, 0.1) is 25.7 Å². The molecule has 0 aromatic heterocycles. The zero-order chi connectivity index (χ0) is 14.4. The molecule has 20 heavy (non-hydrogen) atoms. The van der Waals surface area contributed by atoms with Gasteiger partial charge in [-0.2, -0.15) is 0 Å². The van der Waals surface area contributed by atoms with Crippen LogP contribution in [0.5, 0.6) is 0 Å². The molecule has 0 spiro atoms. The summed E-state index contributed by atoms with van der Waals surface area (Å²) in [6.07, 6.45) is 2.14. The van der Waals surface area contributed by atoms with Gasteiger partial charge >= 0.3 is 0 Å². The first-order chi connectivity index (χ1) is 9.72. The lowest BCUT2D eigenvalue weighted by Crippen LogP contribution is -2.51. The van der Waals surface area contributed by atoms with Gasteiger partial charge in [0, 0.05) is 19.6 Å². The van der Waals surface area contributed by atoms with Crippen molar-refractivity contribution in [2.24, 2.45) is 5.92 Å². The Kier molecular flexibility index (Phi) is 5.79. The van der Waals surface area contributed by atoms with Crippen LogP contribution in [0.25, 0.3) is 0 Å². The molecule has 2 saturated heterocycles. The summed E-state index contributed by atoms with van der Waals surface area (Å²) in [5.41, 5.74) is 0. The zero-order valence-electron chi connectivity index (χ0n) is 12.1. The van der Waals surface area contributed by atoms with E-state index < -0.39 is 6.10 Å². The standard InChI is InChI=1S/C14H24N2O4/c1-2-5-15-13(17)11-4-3-6-16(9-11)14(18)12-10-19-7-8-20-12/h11-12H,2-10H2,1H3,(H,15,17). The second-order valence-corrected chi connectivity index (χ2v) is 5.35. The van der Waals surface area contributed by atoms with Crippen molar-refractivity contribution in [1.82, 2.24) is 10.2 Å². The third-order valence-electron chi connectivity index (χ3n) is 3.74. The minimum atomic E-state index is -0.499. The van der Waals surface area contributed by atoms with Gasteiger partial charge in [0.1, 0.15) is 0 Å². The molecule has 0 aromatic carbocycles. The van der Waals surface area contributed by atoms with Gasteiger partial charge in [0.2, 0.25) is 5.91 Å². The Bertz CT molecular complexity index is 342. The van der Waals surface area contributed by atoms with Gasteiger partial charge < -0.3 is 19.7 Å². The van der Waals surface area contributed by atoms with E-state index in [1.54, 1.807) is 4.90 Å². The maximum absolute atomic E-state index is 12.3. The van der Waals surface area contributed by atoms with Crippen LogP contribution in [0.1, 0.15) is 26.2 Å². The molecule has 0 aliphatic carbocycles. The predicted molar refractivity (Wildman–Crippen MR) is 73.2 cm³/mol. The molecule has 114 valence electrons. The Morgan fingerprint density at radius 3 is 2.90 bits per heavy atom. The minimum absolute atomic E-state index is 0.0438. The molecule has 0 saturated carbocycles. The number of carbonyl (C=O) groups is 2. The van der Waals surface area contributed by atoms with Crippen molar-refractivity contribution in [3.8, 4) is 0 Å². The normalized spacial score (nSPS) is 27.1. The van der Waals surface area contributed by atoms with Crippen molar-refractivity contribution in [3.63, 3.8) is 0 Å². The van der Waals surface area contributed by atoms with Gasteiger partial charge in [0.15, 0.2) is 6.10 Å². The van der Waals surface area contributed by atoms with Crippen molar-refractivity contribution in [3.05, 3.63) is 0 Å². The van der Waals surface area contributed by atoms with Gasteiger partial charge in [-0.25, -0.2) is 0 Å². The SMILES string of the molecule is CCCNC(=O)C1CCCN(C(=O)C2COCCO2)C1. The lowest BCUT2D eigenvalue weighted by Gasteiger charge is -2.35. The van der Waals surface area contributed by atoms with Crippen LogP contribution in [0, 0.1) is 5.92 Å². The number of likely N-dealkylation sites (tertiary alicyclic amines) is 1. The predicted octanol–water partition coefficient (Wildman–Crippen LogP) is 0.167. The molecule has 2 aliphatic heterocycles. The average molecular weight is 284 g/mol. The highest BCUT2D eigenvalue weighted by atomic mass is 16.6. The molecular formula is C14H24N2O4. The van der Waals surface area contributed by atoms with E-state index in [1.165, 1.54) is 0 Å². The number of ether oxygens (including phenoxy) is 2. The molecule has 2 unspecified atom stereocenters. The Morgan fingerprint density at radius 2 is 2.20 bits per heavy atom. The van der Waals surface area contributed by atoms with Crippen LogP contribution in [-0.2, 0) is 19.1 Å². The molecule has 0 aromatic rings. The van der Waals surface area contributed by atoms with Gasteiger partial charge in [-0.15, -0.1) is 0 Å². The molecule has 6 heteroatoms. The summed E-state index contributed by atoms with van der Waals surface area (Å²) in [5, 5.41) is 2.91. The lowest BCUT2D eigenvalue weighted by molar-refractivity contribution is -0.160. The monoisotopic (exact) mass is 284 g/mol. The molecule has 1 N–H and O–H groups in total. The van der Waals surface area contributed by atoms with Crippen molar-refractivity contribution < 1.29 is 19.1 Å². The molecule has 2 rings (SSSR count). The molecule has 6 nitrogen and oxygen atoms in total. The average Bonchev–Trinajstić information content (AvgIpc) is 2.52. The van der Waals surface area contributed by atoms with Crippen molar-refractivity contribution >= 4 is 11.8 Å². The first-order valence-electron chi connectivity index (χ1n) is 7.48. The smallest absolute Gasteiger partial charge is 0.254 e. The van der Waals surface area contributed by atoms with Crippen LogP contribution in [0.3, 0.4) is 0 Å². The molecule has 0 radical (unpaired) electrons. The summed E-state index contributed by atoms with van der Waals surface area (Å²) >= 11 is 0. The van der Waals surface area contributed by atoms with Crippen LogP contribution >= 0.6 is 0 Å². The molecular weight excluding hydrogens is 260 g/mol. The maximum Gasteiger partial charge on any atom is 0.254 e. The van der Waals surface area contributed by atoms with Crippen molar-refractivity contribution in [2.45, 2.75) is 32.3 Å². The minimum Gasteiger partial charge on any atom is -0.376 e. The highest BCUT2D eigenvalue weighted by molar-refractivity contribution is 5.83. The molecule has 2 aliphatic rings. The number of hydrogen-bond acceptors (Lipinski definition) is 4.